The van der Waals surface area contributed by atoms with Crippen molar-refractivity contribution in [1.82, 2.24) is 15.0 Å². The van der Waals surface area contributed by atoms with Crippen LogP contribution in [0.2, 0.25) is 0 Å². The van der Waals surface area contributed by atoms with Gasteiger partial charge in [-0.05, 0) is 19.1 Å². The van der Waals surface area contributed by atoms with Gasteiger partial charge in [0.15, 0.2) is 0 Å². The number of rotatable bonds is 3. The summed E-state index contributed by atoms with van der Waals surface area (Å²) in [5, 5.41) is 0. The van der Waals surface area contributed by atoms with Crippen LogP contribution in [0.4, 0.5) is 0 Å². The van der Waals surface area contributed by atoms with E-state index in [0.29, 0.717) is 5.69 Å². The minimum atomic E-state index is -0.384. The predicted octanol–water partition coefficient (Wildman–Crippen LogP) is 1.13. The maximum atomic E-state index is 11.0. The van der Waals surface area contributed by atoms with Gasteiger partial charge in [-0.15, -0.1) is 0 Å². The van der Waals surface area contributed by atoms with E-state index < -0.39 is 0 Å². The van der Waals surface area contributed by atoms with E-state index in [1.807, 2.05) is 6.07 Å². The number of aromatic nitrogens is 3. The van der Waals surface area contributed by atoms with Crippen LogP contribution in [-0.4, -0.2) is 20.9 Å². The molecule has 1 amide bonds. The first-order chi connectivity index (χ1) is 8.18. The number of pyridine rings is 1. The largest absolute Gasteiger partial charge is 0.369 e. The van der Waals surface area contributed by atoms with E-state index in [1.165, 1.54) is 0 Å². The van der Waals surface area contributed by atoms with Crippen molar-refractivity contribution >= 4 is 5.91 Å². The molecule has 0 aliphatic rings. The molecule has 2 rings (SSSR count). The lowest BCUT2D eigenvalue weighted by Crippen LogP contribution is -2.19. The van der Waals surface area contributed by atoms with Crippen LogP contribution in [0.3, 0.4) is 0 Å². The Morgan fingerprint density at radius 1 is 1.24 bits per heavy atom. The Morgan fingerprint density at radius 3 is 2.59 bits per heavy atom. The summed E-state index contributed by atoms with van der Waals surface area (Å²) in [6, 6.07) is 3.63. The summed E-state index contributed by atoms with van der Waals surface area (Å²) in [5.74, 6) is -0.768. The Hall–Kier alpha value is -2.30. The molecule has 0 aromatic carbocycles. The third kappa shape index (κ3) is 2.44. The number of carbonyl (C=O) groups excluding carboxylic acids is 1. The van der Waals surface area contributed by atoms with Crippen LogP contribution < -0.4 is 5.73 Å². The smallest absolute Gasteiger partial charge is 0.226 e. The molecule has 1 atom stereocenters. The molecule has 2 aromatic heterocycles. The van der Waals surface area contributed by atoms with Crippen molar-refractivity contribution in [3.8, 4) is 11.3 Å². The van der Waals surface area contributed by atoms with E-state index in [2.05, 4.69) is 15.0 Å². The molecule has 0 radical (unpaired) electrons. The molecule has 17 heavy (non-hydrogen) atoms. The number of nitrogens with zero attached hydrogens (tertiary/aromatic N) is 3. The van der Waals surface area contributed by atoms with Crippen LogP contribution in [0, 0.1) is 0 Å². The number of hydrogen-bond donors (Lipinski definition) is 1. The second-order valence-electron chi connectivity index (χ2n) is 3.69. The summed E-state index contributed by atoms with van der Waals surface area (Å²) in [5.41, 5.74) is 7.48. The lowest BCUT2D eigenvalue weighted by Gasteiger charge is -2.07. The summed E-state index contributed by atoms with van der Waals surface area (Å²) >= 11 is 0. The molecule has 0 spiro atoms. The van der Waals surface area contributed by atoms with E-state index >= 15 is 0 Å². The molecule has 2 heterocycles. The zero-order valence-corrected chi connectivity index (χ0v) is 9.37. The average molecular weight is 228 g/mol. The zero-order chi connectivity index (χ0) is 12.3. The van der Waals surface area contributed by atoms with Gasteiger partial charge < -0.3 is 5.73 Å². The van der Waals surface area contributed by atoms with Crippen LogP contribution in [-0.2, 0) is 4.79 Å². The highest BCUT2D eigenvalue weighted by molar-refractivity contribution is 5.81. The van der Waals surface area contributed by atoms with Gasteiger partial charge in [0.25, 0.3) is 0 Å². The summed E-state index contributed by atoms with van der Waals surface area (Å²) < 4.78 is 0. The molecular weight excluding hydrogens is 216 g/mol. The average Bonchev–Trinajstić information content (AvgIpc) is 2.39. The van der Waals surface area contributed by atoms with Crippen LogP contribution in [0.1, 0.15) is 18.5 Å². The van der Waals surface area contributed by atoms with Gasteiger partial charge in [0, 0.05) is 24.2 Å². The minimum Gasteiger partial charge on any atom is -0.369 e. The summed E-state index contributed by atoms with van der Waals surface area (Å²) in [4.78, 5) is 23.4. The molecule has 0 aliphatic carbocycles. The fourth-order valence-electron chi connectivity index (χ4n) is 1.41. The standard InChI is InChI=1S/C12H12N4O/c1-8(12(13)17)10-3-2-9(6-16-10)11-7-14-4-5-15-11/h2-8H,1H3,(H2,13,17). The van der Waals surface area contributed by atoms with Gasteiger partial charge in [-0.3, -0.25) is 19.7 Å². The van der Waals surface area contributed by atoms with Crippen LogP contribution in [0.15, 0.2) is 36.9 Å². The molecule has 2 aromatic rings. The van der Waals surface area contributed by atoms with Crippen LogP contribution >= 0.6 is 0 Å². The Morgan fingerprint density at radius 2 is 2.06 bits per heavy atom. The molecule has 0 aliphatic heterocycles. The molecular formula is C12H12N4O. The first-order valence-corrected chi connectivity index (χ1v) is 5.20. The van der Waals surface area contributed by atoms with Crippen LogP contribution in [0.5, 0.6) is 0 Å². The molecule has 0 saturated heterocycles. The van der Waals surface area contributed by atoms with E-state index in [9.17, 15) is 4.79 Å². The fourth-order valence-corrected chi connectivity index (χ4v) is 1.41. The van der Waals surface area contributed by atoms with E-state index in [1.54, 1.807) is 37.8 Å². The van der Waals surface area contributed by atoms with E-state index in [4.69, 9.17) is 5.73 Å². The number of nitrogens with two attached hydrogens (primary N) is 1. The first kappa shape index (κ1) is 11.2. The van der Waals surface area contributed by atoms with Crippen molar-refractivity contribution in [2.24, 2.45) is 5.73 Å². The SMILES string of the molecule is CC(C(N)=O)c1ccc(-c2cnccn2)cn1. The summed E-state index contributed by atoms with van der Waals surface area (Å²) in [6.45, 7) is 1.73. The monoisotopic (exact) mass is 228 g/mol. The lowest BCUT2D eigenvalue weighted by atomic mass is 10.1. The van der Waals surface area contributed by atoms with Crippen molar-refractivity contribution in [3.05, 3.63) is 42.6 Å². The third-order valence-electron chi connectivity index (χ3n) is 2.52. The summed E-state index contributed by atoms with van der Waals surface area (Å²) in [6.07, 6.45) is 6.56. The Balaban J connectivity index is 2.28. The maximum Gasteiger partial charge on any atom is 0.226 e. The van der Waals surface area contributed by atoms with E-state index in [-0.39, 0.29) is 11.8 Å². The van der Waals surface area contributed by atoms with Crippen molar-refractivity contribution in [1.29, 1.82) is 0 Å². The molecule has 0 saturated carbocycles. The third-order valence-corrected chi connectivity index (χ3v) is 2.52. The maximum absolute atomic E-state index is 11.0. The number of primary amides is 1. The van der Waals surface area contributed by atoms with Gasteiger partial charge in [0.05, 0.1) is 23.5 Å². The minimum absolute atomic E-state index is 0.383. The molecule has 0 fully saturated rings. The fraction of sp³-hybridized carbons (Fsp3) is 0.167. The number of carbonyl (C=O) groups is 1. The van der Waals surface area contributed by atoms with Crippen molar-refractivity contribution in [2.75, 3.05) is 0 Å². The number of hydrogen-bond acceptors (Lipinski definition) is 4. The first-order valence-electron chi connectivity index (χ1n) is 5.20. The molecule has 5 heteroatoms. The summed E-state index contributed by atoms with van der Waals surface area (Å²) in [7, 11) is 0. The van der Waals surface area contributed by atoms with Crippen LogP contribution in [0.25, 0.3) is 11.3 Å². The quantitative estimate of drug-likeness (QED) is 0.853. The number of amides is 1. The second-order valence-corrected chi connectivity index (χ2v) is 3.69. The molecule has 0 bridgehead atoms. The zero-order valence-electron chi connectivity index (χ0n) is 9.37. The molecule has 5 nitrogen and oxygen atoms in total. The van der Waals surface area contributed by atoms with Gasteiger partial charge in [0.2, 0.25) is 5.91 Å². The van der Waals surface area contributed by atoms with Gasteiger partial charge in [-0.2, -0.15) is 0 Å². The van der Waals surface area contributed by atoms with E-state index in [0.717, 1.165) is 11.3 Å². The Labute approximate surface area is 98.7 Å². The Bertz CT molecular complexity index is 510. The highest BCUT2D eigenvalue weighted by Gasteiger charge is 2.12. The highest BCUT2D eigenvalue weighted by Crippen LogP contribution is 2.17. The van der Waals surface area contributed by atoms with Gasteiger partial charge in [-0.25, -0.2) is 0 Å². The lowest BCUT2D eigenvalue weighted by molar-refractivity contribution is -0.119. The Kier molecular flexibility index (Phi) is 3.09. The van der Waals surface area contributed by atoms with Crippen molar-refractivity contribution < 1.29 is 4.79 Å². The predicted molar refractivity (Wildman–Crippen MR) is 62.9 cm³/mol. The topological polar surface area (TPSA) is 81.8 Å². The van der Waals surface area contributed by atoms with Crippen molar-refractivity contribution in [3.63, 3.8) is 0 Å². The highest BCUT2D eigenvalue weighted by atomic mass is 16.1. The molecule has 2 N–H and O–H groups in total. The molecule has 1 unspecified atom stereocenters. The van der Waals surface area contributed by atoms with Crippen molar-refractivity contribution in [2.45, 2.75) is 12.8 Å². The van der Waals surface area contributed by atoms with Gasteiger partial charge in [-0.1, -0.05) is 0 Å². The molecule has 86 valence electrons. The normalized spacial score (nSPS) is 12.1. The second kappa shape index (κ2) is 4.69. The van der Waals surface area contributed by atoms with Gasteiger partial charge >= 0.3 is 0 Å². The van der Waals surface area contributed by atoms with Gasteiger partial charge in [0.1, 0.15) is 0 Å².